The highest BCUT2D eigenvalue weighted by atomic mass is 16.5. The fraction of sp³-hybridized carbons (Fsp3) is 0.409. The number of hydrogen-bond acceptors (Lipinski definition) is 4. The number of anilines is 1. The van der Waals surface area contributed by atoms with Gasteiger partial charge in [-0.3, -0.25) is 0 Å². The summed E-state index contributed by atoms with van der Waals surface area (Å²) in [5.74, 6) is 0.235. The Morgan fingerprint density at radius 2 is 2.19 bits per heavy atom. The Hall–Kier alpha value is -2.49. The molecule has 1 aromatic carbocycles. The first kappa shape index (κ1) is 18.3. The van der Waals surface area contributed by atoms with Gasteiger partial charge in [-0.25, -0.2) is 4.79 Å². The van der Waals surface area contributed by atoms with Crippen molar-refractivity contribution in [2.75, 3.05) is 19.0 Å². The number of carbonyl (C=O) groups excluding carboxylic acids is 1. The van der Waals surface area contributed by atoms with Crippen LogP contribution in [-0.2, 0) is 9.53 Å². The van der Waals surface area contributed by atoms with Crippen LogP contribution in [0.3, 0.4) is 0 Å². The summed E-state index contributed by atoms with van der Waals surface area (Å²) in [6, 6.07) is 7.93. The van der Waals surface area contributed by atoms with Crippen molar-refractivity contribution in [3.8, 4) is 0 Å². The molecule has 0 radical (unpaired) electrons. The zero-order valence-electron chi connectivity index (χ0n) is 16.0. The fourth-order valence-corrected chi connectivity index (χ4v) is 3.78. The van der Waals surface area contributed by atoms with Crippen LogP contribution in [0.25, 0.3) is 17.0 Å². The largest absolute Gasteiger partial charge is 0.466 e. The molecule has 26 heavy (non-hydrogen) atoms. The molecule has 0 fully saturated rings. The second kappa shape index (κ2) is 7.40. The molecule has 0 saturated carbocycles. The third kappa shape index (κ3) is 3.85. The van der Waals surface area contributed by atoms with Gasteiger partial charge in [-0.15, -0.1) is 0 Å². The lowest BCUT2D eigenvalue weighted by Crippen LogP contribution is -2.25. The van der Waals surface area contributed by atoms with Crippen LogP contribution in [0.1, 0.15) is 45.8 Å². The molecule has 0 spiro atoms. The van der Waals surface area contributed by atoms with E-state index in [0.717, 1.165) is 23.2 Å². The smallest absolute Gasteiger partial charge is 0.330 e. The maximum Gasteiger partial charge on any atom is 0.330 e. The second-order valence-corrected chi connectivity index (χ2v) is 7.57. The van der Waals surface area contributed by atoms with Crippen molar-refractivity contribution in [3.05, 3.63) is 47.2 Å². The first-order valence-electron chi connectivity index (χ1n) is 9.12. The monoisotopic (exact) mass is 353 g/mol. The zero-order valence-corrected chi connectivity index (χ0v) is 16.0. The normalized spacial score (nSPS) is 17.1. The molecule has 1 aliphatic carbocycles. The van der Waals surface area contributed by atoms with Gasteiger partial charge in [0, 0.05) is 23.7 Å². The van der Waals surface area contributed by atoms with E-state index >= 15 is 0 Å². The molecule has 0 amide bonds. The van der Waals surface area contributed by atoms with Gasteiger partial charge in [0.05, 0.1) is 7.11 Å². The zero-order chi connectivity index (χ0) is 18.7. The Labute approximate surface area is 154 Å². The number of ether oxygens (including phenoxy) is 1. The van der Waals surface area contributed by atoms with E-state index in [1.54, 1.807) is 6.08 Å². The van der Waals surface area contributed by atoms with Crippen molar-refractivity contribution < 1.29 is 13.9 Å². The lowest BCUT2D eigenvalue weighted by Gasteiger charge is -2.35. The minimum atomic E-state index is -0.397. The molecule has 0 aliphatic heterocycles. The van der Waals surface area contributed by atoms with Gasteiger partial charge in [-0.2, -0.15) is 0 Å². The van der Waals surface area contributed by atoms with E-state index in [4.69, 9.17) is 4.42 Å². The van der Waals surface area contributed by atoms with Crippen molar-refractivity contribution >= 4 is 28.7 Å². The van der Waals surface area contributed by atoms with Crippen LogP contribution in [0.4, 0.5) is 5.69 Å². The summed E-state index contributed by atoms with van der Waals surface area (Å²) >= 11 is 0. The van der Waals surface area contributed by atoms with Crippen LogP contribution in [0, 0.1) is 5.41 Å². The van der Waals surface area contributed by atoms with Crippen molar-refractivity contribution in [2.45, 2.75) is 40.0 Å². The average Bonchev–Trinajstić information content (AvgIpc) is 3.02. The predicted octanol–water partition coefficient (Wildman–Crippen LogP) is 5.56. The number of rotatable bonds is 5. The van der Waals surface area contributed by atoms with Crippen molar-refractivity contribution in [1.82, 2.24) is 0 Å². The number of hydrogen-bond donors (Lipinski definition) is 1. The summed E-state index contributed by atoms with van der Waals surface area (Å²) < 4.78 is 10.4. The van der Waals surface area contributed by atoms with Crippen LogP contribution >= 0.6 is 0 Å². The van der Waals surface area contributed by atoms with Gasteiger partial charge in [-0.1, -0.05) is 25.5 Å². The number of esters is 1. The van der Waals surface area contributed by atoms with Crippen molar-refractivity contribution in [1.29, 1.82) is 0 Å². The molecular weight excluding hydrogens is 326 g/mol. The SMILES string of the molecule is COC(=O)C=Cc1cc2c(NCC3=C(C)CCCC3(C)C)cccc2o1. The molecule has 4 nitrogen and oxygen atoms in total. The van der Waals surface area contributed by atoms with Gasteiger partial charge >= 0.3 is 5.97 Å². The molecule has 4 heteroatoms. The predicted molar refractivity (Wildman–Crippen MR) is 106 cm³/mol. The average molecular weight is 353 g/mol. The van der Waals surface area contributed by atoms with E-state index in [0.29, 0.717) is 5.76 Å². The molecule has 1 heterocycles. The van der Waals surface area contributed by atoms with Gasteiger partial charge in [0.1, 0.15) is 11.3 Å². The van der Waals surface area contributed by atoms with E-state index in [1.165, 1.54) is 43.6 Å². The van der Waals surface area contributed by atoms with Crippen molar-refractivity contribution in [2.24, 2.45) is 5.41 Å². The van der Waals surface area contributed by atoms with E-state index in [-0.39, 0.29) is 5.41 Å². The molecule has 0 bridgehead atoms. The number of benzene rings is 1. The van der Waals surface area contributed by atoms with E-state index in [1.807, 2.05) is 18.2 Å². The third-order valence-corrected chi connectivity index (χ3v) is 5.31. The summed E-state index contributed by atoms with van der Waals surface area (Å²) in [5, 5.41) is 4.62. The van der Waals surface area contributed by atoms with Gasteiger partial charge < -0.3 is 14.5 Å². The first-order valence-corrected chi connectivity index (χ1v) is 9.12. The molecule has 1 N–H and O–H groups in total. The molecule has 0 atom stereocenters. The van der Waals surface area contributed by atoms with Gasteiger partial charge in [0.2, 0.25) is 0 Å². The molecule has 138 valence electrons. The van der Waals surface area contributed by atoms with Crippen molar-refractivity contribution in [3.63, 3.8) is 0 Å². The number of allylic oxidation sites excluding steroid dienone is 1. The second-order valence-electron chi connectivity index (χ2n) is 7.57. The minimum Gasteiger partial charge on any atom is -0.466 e. The fourth-order valence-electron chi connectivity index (χ4n) is 3.78. The van der Waals surface area contributed by atoms with Crippen LogP contribution < -0.4 is 5.32 Å². The van der Waals surface area contributed by atoms with E-state index in [2.05, 4.69) is 36.9 Å². The lowest BCUT2D eigenvalue weighted by atomic mass is 9.73. The van der Waals surface area contributed by atoms with Crippen LogP contribution in [-0.4, -0.2) is 19.6 Å². The van der Waals surface area contributed by atoms with Crippen LogP contribution in [0.15, 0.2) is 45.9 Å². The highest BCUT2D eigenvalue weighted by molar-refractivity contribution is 5.93. The number of methoxy groups -OCH3 is 1. The van der Waals surface area contributed by atoms with Crippen LogP contribution in [0.2, 0.25) is 0 Å². The summed E-state index contributed by atoms with van der Waals surface area (Å²) in [4.78, 5) is 11.3. The number of furan rings is 1. The highest BCUT2D eigenvalue weighted by Gasteiger charge is 2.28. The number of fused-ring (bicyclic) bond motifs is 1. The van der Waals surface area contributed by atoms with Gasteiger partial charge in [0.15, 0.2) is 0 Å². The van der Waals surface area contributed by atoms with Gasteiger partial charge in [-0.05, 0) is 61.4 Å². The first-order chi connectivity index (χ1) is 12.4. The number of carbonyl (C=O) groups is 1. The molecule has 1 aliphatic rings. The Kier molecular flexibility index (Phi) is 5.21. The maximum atomic E-state index is 11.3. The topological polar surface area (TPSA) is 51.5 Å². The standard InChI is InChI=1S/C22H27NO3/c1-15-7-6-12-22(2,3)18(15)14-23-19-8-5-9-20-17(19)13-16(26-20)10-11-21(24)25-4/h5,8-11,13,23H,6-7,12,14H2,1-4H3. The Bertz CT molecular complexity index is 871. The Balaban J connectivity index is 1.83. The molecule has 1 aromatic heterocycles. The third-order valence-electron chi connectivity index (χ3n) is 5.31. The summed E-state index contributed by atoms with van der Waals surface area (Å²) in [6.45, 7) is 7.77. The summed E-state index contributed by atoms with van der Waals surface area (Å²) in [5.41, 5.74) is 5.11. The molecule has 0 saturated heterocycles. The maximum absolute atomic E-state index is 11.3. The quantitative estimate of drug-likeness (QED) is 0.434. The molecular formula is C22H27NO3. The van der Waals surface area contributed by atoms with Gasteiger partial charge in [0.25, 0.3) is 0 Å². The van der Waals surface area contributed by atoms with E-state index < -0.39 is 5.97 Å². The molecule has 3 rings (SSSR count). The molecule has 0 unspecified atom stereocenters. The lowest BCUT2D eigenvalue weighted by molar-refractivity contribution is -0.134. The minimum absolute atomic E-state index is 0.244. The van der Waals surface area contributed by atoms with E-state index in [9.17, 15) is 4.79 Å². The summed E-state index contributed by atoms with van der Waals surface area (Å²) in [6.07, 6.45) is 6.70. The molecule has 2 aromatic rings. The summed E-state index contributed by atoms with van der Waals surface area (Å²) in [7, 11) is 1.36. The Morgan fingerprint density at radius 1 is 1.38 bits per heavy atom. The number of nitrogens with one attached hydrogen (secondary N) is 1. The Morgan fingerprint density at radius 3 is 2.92 bits per heavy atom. The highest BCUT2D eigenvalue weighted by Crippen LogP contribution is 2.40. The van der Waals surface area contributed by atoms with Crippen LogP contribution in [0.5, 0.6) is 0 Å².